The van der Waals surface area contributed by atoms with E-state index in [1.807, 2.05) is 48.6 Å². The van der Waals surface area contributed by atoms with Gasteiger partial charge >= 0.3 is 0 Å². The van der Waals surface area contributed by atoms with Crippen LogP contribution in [-0.4, -0.2) is 35.0 Å². The summed E-state index contributed by atoms with van der Waals surface area (Å²) < 4.78 is -1.09. The Bertz CT molecular complexity index is 636. The fourth-order valence-electron chi connectivity index (χ4n) is 3.82. The van der Waals surface area contributed by atoms with Gasteiger partial charge in [-0.2, -0.15) is 0 Å². The van der Waals surface area contributed by atoms with Crippen LogP contribution in [0.25, 0.3) is 0 Å². The highest BCUT2D eigenvalue weighted by Crippen LogP contribution is 2.58. The molecule has 0 spiro atoms. The molecule has 8 heteroatoms. The van der Waals surface area contributed by atoms with Crippen LogP contribution < -0.4 is 0 Å². The smallest absolute Gasteiger partial charge is 0.121 e. The van der Waals surface area contributed by atoms with Gasteiger partial charge in [0.25, 0.3) is 0 Å². The van der Waals surface area contributed by atoms with Crippen LogP contribution in [0.1, 0.15) is 0 Å². The Hall–Kier alpha value is 1.66. The van der Waals surface area contributed by atoms with Gasteiger partial charge in [0, 0.05) is 17.8 Å². The van der Waals surface area contributed by atoms with Gasteiger partial charge in [-0.3, -0.25) is 0 Å². The minimum absolute atomic E-state index is 0.00506. The first-order valence-electron chi connectivity index (χ1n) is 8.10. The number of hydrogen-bond acceptors (Lipinski definition) is 0. The Balaban J connectivity index is 2.08. The average molecular weight is 605 g/mol. The lowest BCUT2D eigenvalue weighted by Gasteiger charge is -2.52. The average Bonchev–Trinajstić information content (AvgIpc) is 3.31. The van der Waals surface area contributed by atoms with Crippen molar-refractivity contribution >= 4 is 101 Å². The lowest BCUT2D eigenvalue weighted by molar-refractivity contribution is 0.308. The van der Waals surface area contributed by atoms with Crippen LogP contribution in [-0.2, 0) is 0 Å². The Morgan fingerprint density at radius 3 is 1.77 bits per heavy atom. The topological polar surface area (TPSA) is 0 Å². The van der Waals surface area contributed by atoms with Gasteiger partial charge in [-0.15, -0.1) is 69.6 Å². The van der Waals surface area contributed by atoms with E-state index < -0.39 is 30.2 Å². The summed E-state index contributed by atoms with van der Waals surface area (Å²) in [6.07, 6.45) is 15.8. The van der Waals surface area contributed by atoms with Crippen molar-refractivity contribution in [3.8, 4) is 0 Å². The van der Waals surface area contributed by atoms with E-state index >= 15 is 0 Å². The molecule has 3 rings (SSSR count). The minimum Gasteiger partial charge on any atom is -0.121 e. The number of halogens is 8. The maximum absolute atomic E-state index is 7.13. The van der Waals surface area contributed by atoms with Crippen molar-refractivity contribution < 1.29 is 0 Å². The Labute approximate surface area is 201 Å². The van der Waals surface area contributed by atoms with Gasteiger partial charge in [0.2, 0.25) is 0 Å². The number of allylic oxidation sites excluding steroid dienone is 8. The molecule has 0 aromatic rings. The fraction of sp³-hybridized carbons (Fsp3) is 0.556. The molecule has 8 atom stereocenters. The summed E-state index contributed by atoms with van der Waals surface area (Å²) in [6, 6.07) is 0. The predicted molar refractivity (Wildman–Crippen MR) is 124 cm³/mol. The second-order valence-corrected chi connectivity index (χ2v) is 12.7. The van der Waals surface area contributed by atoms with Crippen molar-refractivity contribution in [1.29, 1.82) is 0 Å². The van der Waals surface area contributed by atoms with E-state index in [-0.39, 0.29) is 22.6 Å². The molecule has 144 valence electrons. The molecule has 0 nitrogen and oxygen atoms in total. The minimum atomic E-state index is -1.09. The monoisotopic (exact) mass is 600 g/mol. The molecule has 3 aliphatic carbocycles. The molecule has 0 N–H and O–H groups in total. The molecule has 0 aliphatic heterocycles. The van der Waals surface area contributed by atoms with Crippen molar-refractivity contribution in [2.24, 2.45) is 17.8 Å². The zero-order chi connectivity index (χ0) is 19.3. The maximum atomic E-state index is 7.13. The molecule has 0 radical (unpaired) electrons. The van der Waals surface area contributed by atoms with E-state index in [1.165, 1.54) is 0 Å². The van der Waals surface area contributed by atoms with Crippen LogP contribution in [0.15, 0.2) is 48.6 Å². The summed E-state index contributed by atoms with van der Waals surface area (Å²) in [6.45, 7) is 0. The van der Waals surface area contributed by atoms with E-state index in [0.29, 0.717) is 0 Å². The number of rotatable bonds is 2. The van der Waals surface area contributed by atoms with Gasteiger partial charge in [0.15, 0.2) is 0 Å². The second kappa shape index (κ2) is 8.42. The Morgan fingerprint density at radius 1 is 0.731 bits per heavy atom. The Kier molecular flexibility index (Phi) is 7.24. The molecule has 0 aromatic carbocycles. The highest BCUT2D eigenvalue weighted by molar-refractivity contribution is 9.10. The molecular formula is C18H16Br2Cl6. The van der Waals surface area contributed by atoms with Crippen LogP contribution in [0, 0.1) is 17.8 Å². The van der Waals surface area contributed by atoms with Crippen LogP contribution in [0.3, 0.4) is 0 Å². The number of alkyl halides is 8. The third-order valence-corrected chi connectivity index (χ3v) is 12.4. The van der Waals surface area contributed by atoms with Crippen molar-refractivity contribution in [2.45, 2.75) is 35.0 Å². The van der Waals surface area contributed by atoms with Crippen LogP contribution in [0.4, 0.5) is 0 Å². The molecule has 0 aromatic heterocycles. The summed E-state index contributed by atoms with van der Waals surface area (Å²) in [5.41, 5.74) is 0. The van der Waals surface area contributed by atoms with Crippen LogP contribution in [0.5, 0.6) is 0 Å². The first-order chi connectivity index (χ1) is 12.1. The molecule has 1 saturated carbocycles. The molecule has 3 aliphatic rings. The van der Waals surface area contributed by atoms with Gasteiger partial charge in [0.1, 0.15) is 3.78 Å². The van der Waals surface area contributed by atoms with E-state index in [0.717, 1.165) is 0 Å². The van der Waals surface area contributed by atoms with E-state index in [4.69, 9.17) is 69.6 Å². The maximum Gasteiger partial charge on any atom is 0.122 e. The summed E-state index contributed by atoms with van der Waals surface area (Å²) in [7, 11) is 0. The third kappa shape index (κ3) is 3.62. The summed E-state index contributed by atoms with van der Waals surface area (Å²) in [5, 5.41) is -2.42. The molecule has 0 bridgehead atoms. The highest BCUT2D eigenvalue weighted by atomic mass is 79.9. The van der Waals surface area contributed by atoms with Gasteiger partial charge in [-0.1, -0.05) is 80.5 Å². The molecule has 0 saturated heterocycles. The standard InChI is InChI=1S/C18H16Br2Cl6/c19-14-13(22)12(21)11(9-5-1-2-6-9)18(20,26)16(24)15(23)17(14,25)10-7-3-4-8-10/h1-16H. The predicted octanol–water partition coefficient (Wildman–Crippen LogP) is 7.60. The van der Waals surface area contributed by atoms with Crippen LogP contribution in [0.2, 0.25) is 0 Å². The summed E-state index contributed by atoms with van der Waals surface area (Å²) >= 11 is 48.9. The second-order valence-electron chi connectivity index (χ2n) is 6.76. The quantitative estimate of drug-likeness (QED) is 0.285. The number of hydrogen-bond donors (Lipinski definition) is 0. The molecule has 26 heavy (non-hydrogen) atoms. The largest absolute Gasteiger partial charge is 0.122 e. The van der Waals surface area contributed by atoms with Gasteiger partial charge in [0.05, 0.1) is 31.2 Å². The first kappa shape index (κ1) is 22.3. The lowest BCUT2D eigenvalue weighted by atomic mass is 9.74. The zero-order valence-corrected chi connectivity index (χ0v) is 21.0. The van der Waals surface area contributed by atoms with Gasteiger partial charge in [-0.05, 0) is 0 Å². The molecule has 0 heterocycles. The highest BCUT2D eigenvalue weighted by Gasteiger charge is 2.62. The van der Waals surface area contributed by atoms with Gasteiger partial charge in [-0.25, -0.2) is 0 Å². The van der Waals surface area contributed by atoms with Crippen molar-refractivity contribution in [2.75, 3.05) is 0 Å². The van der Waals surface area contributed by atoms with E-state index in [9.17, 15) is 0 Å². The fourth-order valence-corrected chi connectivity index (χ4v) is 9.01. The van der Waals surface area contributed by atoms with E-state index in [2.05, 4.69) is 31.9 Å². The Morgan fingerprint density at radius 2 is 1.23 bits per heavy atom. The molecule has 0 amide bonds. The van der Waals surface area contributed by atoms with E-state index in [1.54, 1.807) is 0 Å². The first-order valence-corrected chi connectivity index (χ1v) is 12.3. The normalized spacial score (nSPS) is 49.7. The van der Waals surface area contributed by atoms with Crippen molar-refractivity contribution in [1.82, 2.24) is 0 Å². The SMILES string of the molecule is ClC1C(Cl)C(Br)C(Cl)(C2C=CC=C2)C(Cl)C(Cl)C(Cl)(Br)C1C1C=CC=C1. The van der Waals surface area contributed by atoms with Gasteiger partial charge < -0.3 is 0 Å². The van der Waals surface area contributed by atoms with Crippen molar-refractivity contribution in [3.05, 3.63) is 48.6 Å². The van der Waals surface area contributed by atoms with Crippen LogP contribution >= 0.6 is 101 Å². The third-order valence-electron chi connectivity index (χ3n) is 5.29. The summed E-state index contributed by atoms with van der Waals surface area (Å²) in [4.78, 5) is -1.39. The molecule has 1 fully saturated rings. The van der Waals surface area contributed by atoms with Crippen molar-refractivity contribution in [3.63, 3.8) is 0 Å². The molecule has 8 unspecified atom stereocenters. The zero-order valence-electron chi connectivity index (χ0n) is 13.3. The summed E-state index contributed by atoms with van der Waals surface area (Å²) in [5.74, 6) is -0.442. The molecular weight excluding hydrogens is 589 g/mol. The lowest BCUT2D eigenvalue weighted by Crippen LogP contribution is -2.63.